The van der Waals surface area contributed by atoms with Crippen molar-refractivity contribution in [1.82, 2.24) is 0 Å². The number of esters is 1. The average molecular weight is 263 g/mol. The SMILES string of the molecule is CC[C@H]1O[C@@H](CN)[C@H](OC(=O)c2ccccc2)[C@@H]1C. The summed E-state index contributed by atoms with van der Waals surface area (Å²) in [5, 5.41) is 0. The lowest BCUT2D eigenvalue weighted by Crippen LogP contribution is -2.36. The van der Waals surface area contributed by atoms with Crippen molar-refractivity contribution in [3.05, 3.63) is 35.9 Å². The molecule has 19 heavy (non-hydrogen) atoms. The molecule has 104 valence electrons. The molecule has 1 aromatic rings. The van der Waals surface area contributed by atoms with Gasteiger partial charge in [0.15, 0.2) is 0 Å². The molecule has 0 spiro atoms. The van der Waals surface area contributed by atoms with Gasteiger partial charge in [-0.25, -0.2) is 4.79 Å². The fourth-order valence-electron chi connectivity index (χ4n) is 2.58. The molecule has 1 heterocycles. The van der Waals surface area contributed by atoms with Crippen molar-refractivity contribution in [2.24, 2.45) is 11.7 Å². The number of hydrogen-bond donors (Lipinski definition) is 1. The Kier molecular flexibility index (Phi) is 4.56. The highest BCUT2D eigenvalue weighted by Crippen LogP contribution is 2.31. The summed E-state index contributed by atoms with van der Waals surface area (Å²) >= 11 is 0. The highest BCUT2D eigenvalue weighted by atomic mass is 16.6. The number of benzene rings is 1. The van der Waals surface area contributed by atoms with Crippen molar-refractivity contribution in [1.29, 1.82) is 0 Å². The number of hydrogen-bond acceptors (Lipinski definition) is 4. The first-order valence-corrected chi connectivity index (χ1v) is 6.79. The molecule has 1 aliphatic rings. The number of rotatable bonds is 4. The smallest absolute Gasteiger partial charge is 0.338 e. The van der Waals surface area contributed by atoms with E-state index in [1.807, 2.05) is 25.1 Å². The highest BCUT2D eigenvalue weighted by Gasteiger charge is 2.42. The van der Waals surface area contributed by atoms with Crippen LogP contribution in [0.25, 0.3) is 0 Å². The Morgan fingerprint density at radius 2 is 2.00 bits per heavy atom. The molecule has 0 aromatic heterocycles. The second-order valence-electron chi connectivity index (χ2n) is 4.95. The van der Waals surface area contributed by atoms with Crippen molar-refractivity contribution < 1.29 is 14.3 Å². The van der Waals surface area contributed by atoms with Crippen LogP contribution in [0.4, 0.5) is 0 Å². The highest BCUT2D eigenvalue weighted by molar-refractivity contribution is 5.89. The minimum atomic E-state index is -0.309. The maximum Gasteiger partial charge on any atom is 0.338 e. The van der Waals surface area contributed by atoms with Crippen LogP contribution in [-0.2, 0) is 9.47 Å². The molecule has 2 rings (SSSR count). The van der Waals surface area contributed by atoms with E-state index in [-0.39, 0.29) is 30.2 Å². The summed E-state index contributed by atoms with van der Waals surface area (Å²) in [5.41, 5.74) is 6.26. The molecule has 1 aromatic carbocycles. The van der Waals surface area contributed by atoms with E-state index in [9.17, 15) is 4.79 Å². The van der Waals surface area contributed by atoms with Gasteiger partial charge in [0, 0.05) is 12.5 Å². The Bertz CT molecular complexity index is 419. The van der Waals surface area contributed by atoms with E-state index in [4.69, 9.17) is 15.2 Å². The molecule has 4 heteroatoms. The quantitative estimate of drug-likeness (QED) is 0.844. The Morgan fingerprint density at radius 1 is 1.32 bits per heavy atom. The van der Waals surface area contributed by atoms with Crippen LogP contribution >= 0.6 is 0 Å². The normalized spacial score (nSPS) is 30.3. The Morgan fingerprint density at radius 3 is 2.58 bits per heavy atom. The summed E-state index contributed by atoms with van der Waals surface area (Å²) in [7, 11) is 0. The summed E-state index contributed by atoms with van der Waals surface area (Å²) in [6.45, 7) is 4.48. The van der Waals surface area contributed by atoms with Crippen molar-refractivity contribution in [2.75, 3.05) is 6.54 Å². The second-order valence-corrected chi connectivity index (χ2v) is 4.95. The predicted octanol–water partition coefficient (Wildman–Crippen LogP) is 1.98. The summed E-state index contributed by atoms with van der Waals surface area (Å²) in [6.07, 6.45) is 0.550. The maximum atomic E-state index is 12.1. The van der Waals surface area contributed by atoms with Crippen LogP contribution in [0.3, 0.4) is 0 Å². The van der Waals surface area contributed by atoms with Gasteiger partial charge in [-0.3, -0.25) is 0 Å². The second kappa shape index (κ2) is 6.17. The molecule has 0 amide bonds. The summed E-state index contributed by atoms with van der Waals surface area (Å²) in [4.78, 5) is 12.1. The Labute approximate surface area is 113 Å². The van der Waals surface area contributed by atoms with Gasteiger partial charge in [0.05, 0.1) is 11.7 Å². The van der Waals surface area contributed by atoms with Crippen LogP contribution in [0, 0.1) is 5.92 Å². The van der Waals surface area contributed by atoms with Crippen LogP contribution in [0.2, 0.25) is 0 Å². The first-order chi connectivity index (χ1) is 9.17. The zero-order chi connectivity index (χ0) is 13.8. The van der Waals surface area contributed by atoms with Crippen LogP contribution in [0.15, 0.2) is 30.3 Å². The summed E-state index contributed by atoms with van der Waals surface area (Å²) < 4.78 is 11.4. The molecule has 0 bridgehead atoms. The first kappa shape index (κ1) is 14.0. The topological polar surface area (TPSA) is 61.6 Å². The van der Waals surface area contributed by atoms with E-state index in [2.05, 4.69) is 6.92 Å². The van der Waals surface area contributed by atoms with E-state index in [0.29, 0.717) is 12.1 Å². The van der Waals surface area contributed by atoms with Crippen molar-refractivity contribution >= 4 is 5.97 Å². The van der Waals surface area contributed by atoms with Gasteiger partial charge < -0.3 is 15.2 Å². The molecular weight excluding hydrogens is 242 g/mol. The van der Waals surface area contributed by atoms with E-state index >= 15 is 0 Å². The monoisotopic (exact) mass is 263 g/mol. The molecule has 4 atom stereocenters. The molecule has 1 aliphatic heterocycles. The van der Waals surface area contributed by atoms with Gasteiger partial charge in [0.1, 0.15) is 12.2 Å². The van der Waals surface area contributed by atoms with E-state index in [0.717, 1.165) is 6.42 Å². The van der Waals surface area contributed by atoms with Crippen molar-refractivity contribution in [2.45, 2.75) is 38.6 Å². The Balaban J connectivity index is 2.07. The minimum Gasteiger partial charge on any atom is -0.456 e. The third-order valence-electron chi connectivity index (χ3n) is 3.71. The Hall–Kier alpha value is -1.39. The molecule has 0 saturated carbocycles. The van der Waals surface area contributed by atoms with E-state index in [1.54, 1.807) is 12.1 Å². The van der Waals surface area contributed by atoms with Gasteiger partial charge >= 0.3 is 5.97 Å². The number of carbonyl (C=O) groups excluding carboxylic acids is 1. The van der Waals surface area contributed by atoms with E-state index < -0.39 is 0 Å². The predicted molar refractivity (Wildman–Crippen MR) is 72.8 cm³/mol. The van der Waals surface area contributed by atoms with Gasteiger partial charge in [-0.2, -0.15) is 0 Å². The van der Waals surface area contributed by atoms with Crippen LogP contribution in [0.1, 0.15) is 30.6 Å². The standard InChI is InChI=1S/C15H21NO3/c1-3-12-10(2)14(13(9-16)18-12)19-15(17)11-7-5-4-6-8-11/h4-8,10,12-14H,3,9,16H2,1-2H3/t10-,12-,13+,14-/m1/s1. The van der Waals surface area contributed by atoms with E-state index in [1.165, 1.54) is 0 Å². The molecule has 0 unspecified atom stereocenters. The lowest BCUT2D eigenvalue weighted by molar-refractivity contribution is -0.00859. The van der Waals surface area contributed by atoms with Gasteiger partial charge in [-0.1, -0.05) is 32.0 Å². The van der Waals surface area contributed by atoms with Crippen LogP contribution in [0.5, 0.6) is 0 Å². The van der Waals surface area contributed by atoms with Crippen LogP contribution < -0.4 is 5.73 Å². The fourth-order valence-corrected chi connectivity index (χ4v) is 2.58. The molecular formula is C15H21NO3. The van der Waals surface area contributed by atoms with Gasteiger partial charge in [-0.15, -0.1) is 0 Å². The zero-order valence-corrected chi connectivity index (χ0v) is 11.4. The zero-order valence-electron chi connectivity index (χ0n) is 11.4. The van der Waals surface area contributed by atoms with Gasteiger partial charge in [-0.05, 0) is 18.6 Å². The van der Waals surface area contributed by atoms with Gasteiger partial charge in [0.25, 0.3) is 0 Å². The van der Waals surface area contributed by atoms with Gasteiger partial charge in [0.2, 0.25) is 0 Å². The first-order valence-electron chi connectivity index (χ1n) is 6.79. The summed E-state index contributed by atoms with van der Waals surface area (Å²) in [6, 6.07) is 9.00. The summed E-state index contributed by atoms with van der Waals surface area (Å²) in [5.74, 6) is -0.137. The molecule has 2 N–H and O–H groups in total. The van der Waals surface area contributed by atoms with Crippen LogP contribution in [-0.4, -0.2) is 30.8 Å². The number of ether oxygens (including phenoxy) is 2. The minimum absolute atomic E-state index is 0.113. The molecule has 0 aliphatic carbocycles. The molecule has 1 fully saturated rings. The van der Waals surface area contributed by atoms with Crippen molar-refractivity contribution in [3.63, 3.8) is 0 Å². The number of carbonyl (C=O) groups is 1. The van der Waals surface area contributed by atoms with Crippen molar-refractivity contribution in [3.8, 4) is 0 Å². The molecule has 4 nitrogen and oxygen atoms in total. The number of nitrogens with two attached hydrogens (primary N) is 1. The third-order valence-corrected chi connectivity index (χ3v) is 3.71. The fraction of sp³-hybridized carbons (Fsp3) is 0.533. The largest absolute Gasteiger partial charge is 0.456 e. The maximum absolute atomic E-state index is 12.1. The lowest BCUT2D eigenvalue weighted by atomic mass is 9.96. The molecule has 1 saturated heterocycles. The lowest BCUT2D eigenvalue weighted by Gasteiger charge is -2.20. The molecule has 0 radical (unpaired) electrons. The average Bonchev–Trinajstić information content (AvgIpc) is 2.76. The third kappa shape index (κ3) is 2.96.